The number of imidazole rings is 1. The van der Waals surface area contributed by atoms with E-state index in [1.165, 1.54) is 17.9 Å². The third kappa shape index (κ3) is 3.42. The molecule has 0 aliphatic carbocycles. The Balaban J connectivity index is 1.89. The zero-order chi connectivity index (χ0) is 20.4. The van der Waals surface area contributed by atoms with Gasteiger partial charge in [0.05, 0.1) is 13.4 Å². The molecule has 0 saturated heterocycles. The summed E-state index contributed by atoms with van der Waals surface area (Å²) in [5, 5.41) is 0. The van der Waals surface area contributed by atoms with Crippen LogP contribution in [0.4, 0.5) is 0 Å². The van der Waals surface area contributed by atoms with Crippen LogP contribution in [0, 0.1) is 0 Å². The van der Waals surface area contributed by atoms with E-state index in [1.54, 1.807) is 23.6 Å². The maximum absolute atomic E-state index is 12.8. The molecule has 148 valence electrons. The lowest BCUT2D eigenvalue weighted by atomic mass is 10.2. The van der Waals surface area contributed by atoms with E-state index in [-0.39, 0.29) is 18.0 Å². The average Bonchev–Trinajstić information content (AvgIpc) is 3.09. The number of carbonyl (C=O) groups is 1. The van der Waals surface area contributed by atoms with Crippen molar-refractivity contribution in [3.8, 4) is 5.75 Å². The molecule has 3 rings (SSSR count). The molecule has 9 nitrogen and oxygen atoms in total. The quantitative estimate of drug-likeness (QED) is 0.616. The third-order valence-corrected chi connectivity index (χ3v) is 4.76. The van der Waals surface area contributed by atoms with Crippen LogP contribution in [-0.4, -0.2) is 43.1 Å². The van der Waals surface area contributed by atoms with Gasteiger partial charge in [0.15, 0.2) is 11.2 Å². The summed E-state index contributed by atoms with van der Waals surface area (Å²) < 4.78 is 8.93. The number of rotatable bonds is 6. The number of fused-ring (bicyclic) bond motifs is 1. The molecule has 0 bridgehead atoms. The molecule has 2 heterocycles. The molecule has 1 aromatic carbocycles. The molecule has 1 amide bonds. The van der Waals surface area contributed by atoms with Crippen LogP contribution in [-0.2, 0) is 32.0 Å². The van der Waals surface area contributed by atoms with Crippen molar-refractivity contribution in [2.24, 2.45) is 14.1 Å². The van der Waals surface area contributed by atoms with Crippen molar-refractivity contribution in [1.82, 2.24) is 23.6 Å². The molecule has 0 spiro atoms. The summed E-state index contributed by atoms with van der Waals surface area (Å²) in [5.74, 6) is 0.427. The van der Waals surface area contributed by atoms with E-state index in [0.717, 1.165) is 15.9 Å². The molecule has 0 atom stereocenters. The maximum Gasteiger partial charge on any atom is 0.332 e. The number of ether oxygens (including phenoxy) is 1. The predicted molar refractivity (Wildman–Crippen MR) is 104 cm³/mol. The highest BCUT2D eigenvalue weighted by atomic mass is 16.5. The fourth-order valence-electron chi connectivity index (χ4n) is 3.10. The Bertz CT molecular complexity index is 1120. The first kappa shape index (κ1) is 19.4. The zero-order valence-corrected chi connectivity index (χ0v) is 16.4. The van der Waals surface area contributed by atoms with Crippen molar-refractivity contribution >= 4 is 17.1 Å². The summed E-state index contributed by atoms with van der Waals surface area (Å²) in [4.78, 5) is 43.8. The molecule has 0 saturated carbocycles. The highest BCUT2D eigenvalue weighted by Gasteiger charge is 2.19. The second kappa shape index (κ2) is 7.71. The molecule has 3 aromatic rings. The fraction of sp³-hybridized carbons (Fsp3) is 0.368. The highest BCUT2D eigenvalue weighted by molar-refractivity contribution is 5.76. The fourth-order valence-corrected chi connectivity index (χ4v) is 3.10. The second-order valence-electron chi connectivity index (χ2n) is 6.52. The predicted octanol–water partition coefficient (Wildman–Crippen LogP) is 0.491. The number of hydrogen-bond acceptors (Lipinski definition) is 5. The van der Waals surface area contributed by atoms with Gasteiger partial charge in [-0.15, -0.1) is 0 Å². The van der Waals surface area contributed by atoms with Crippen LogP contribution < -0.4 is 16.0 Å². The van der Waals surface area contributed by atoms with Crippen molar-refractivity contribution < 1.29 is 9.53 Å². The number of likely N-dealkylation sites (N-methyl/N-ethyl adjacent to an activating group) is 1. The van der Waals surface area contributed by atoms with Crippen LogP contribution in [0.15, 0.2) is 40.2 Å². The Hall–Kier alpha value is -3.36. The maximum atomic E-state index is 12.8. The molecule has 28 heavy (non-hydrogen) atoms. The topological polar surface area (TPSA) is 91.4 Å². The lowest BCUT2D eigenvalue weighted by Crippen LogP contribution is -2.44. The van der Waals surface area contributed by atoms with E-state index in [4.69, 9.17) is 4.74 Å². The first-order valence-electron chi connectivity index (χ1n) is 8.89. The number of methoxy groups -OCH3 is 1. The van der Waals surface area contributed by atoms with E-state index in [0.29, 0.717) is 18.7 Å². The van der Waals surface area contributed by atoms with E-state index in [1.807, 2.05) is 31.2 Å². The summed E-state index contributed by atoms with van der Waals surface area (Å²) >= 11 is 0. The van der Waals surface area contributed by atoms with Crippen LogP contribution in [0.25, 0.3) is 11.2 Å². The van der Waals surface area contributed by atoms with Gasteiger partial charge in [0, 0.05) is 27.2 Å². The van der Waals surface area contributed by atoms with Crippen molar-refractivity contribution in [2.45, 2.75) is 20.0 Å². The van der Waals surface area contributed by atoms with Crippen molar-refractivity contribution in [1.29, 1.82) is 0 Å². The normalized spacial score (nSPS) is 11.0. The van der Waals surface area contributed by atoms with Gasteiger partial charge in [-0.05, 0) is 24.6 Å². The Morgan fingerprint density at radius 3 is 2.46 bits per heavy atom. The molecule has 0 radical (unpaired) electrons. The lowest BCUT2D eigenvalue weighted by Gasteiger charge is -2.21. The van der Waals surface area contributed by atoms with Crippen LogP contribution >= 0.6 is 0 Å². The van der Waals surface area contributed by atoms with Crippen molar-refractivity contribution in [2.75, 3.05) is 13.7 Å². The molecular weight excluding hydrogens is 362 g/mol. The highest BCUT2D eigenvalue weighted by Crippen LogP contribution is 2.13. The zero-order valence-electron chi connectivity index (χ0n) is 16.4. The molecule has 0 fully saturated rings. The molecular formula is C19H23N5O4. The van der Waals surface area contributed by atoms with Gasteiger partial charge in [-0.3, -0.25) is 14.2 Å². The monoisotopic (exact) mass is 385 g/mol. The Kier molecular flexibility index (Phi) is 5.34. The molecule has 0 aliphatic heterocycles. The largest absolute Gasteiger partial charge is 0.497 e. The van der Waals surface area contributed by atoms with Crippen LogP contribution in [0.2, 0.25) is 0 Å². The van der Waals surface area contributed by atoms with Gasteiger partial charge >= 0.3 is 5.69 Å². The molecule has 2 aromatic heterocycles. The number of hydrogen-bond donors (Lipinski definition) is 0. The van der Waals surface area contributed by atoms with E-state index >= 15 is 0 Å². The number of aromatic nitrogens is 4. The number of nitrogens with zero attached hydrogens (tertiary/aromatic N) is 5. The van der Waals surface area contributed by atoms with Crippen LogP contribution in [0.1, 0.15) is 12.5 Å². The smallest absolute Gasteiger partial charge is 0.332 e. The van der Waals surface area contributed by atoms with E-state index < -0.39 is 11.2 Å². The first-order valence-corrected chi connectivity index (χ1v) is 8.89. The second-order valence-corrected chi connectivity index (χ2v) is 6.52. The summed E-state index contributed by atoms with van der Waals surface area (Å²) in [5.41, 5.74) is 0.426. The van der Waals surface area contributed by atoms with E-state index in [2.05, 4.69) is 4.98 Å². The standard InChI is InChI=1S/C19H23N5O4/c1-5-23(10-13-6-8-14(28-4)9-7-13)15(25)11-24-18(26)16-17(20-12-21(16)2)22(3)19(24)27/h6-9,12H,5,10-11H2,1-4H3. The molecule has 0 aliphatic rings. The van der Waals surface area contributed by atoms with Crippen molar-refractivity contribution in [3.05, 3.63) is 57.0 Å². The summed E-state index contributed by atoms with van der Waals surface area (Å²) in [6.07, 6.45) is 1.47. The van der Waals surface area contributed by atoms with Gasteiger partial charge in [0.1, 0.15) is 12.3 Å². The van der Waals surface area contributed by atoms with Gasteiger partial charge in [0.25, 0.3) is 5.56 Å². The number of benzene rings is 1. The Labute approximate surface area is 161 Å². The van der Waals surface area contributed by atoms with Gasteiger partial charge in [-0.1, -0.05) is 12.1 Å². The third-order valence-electron chi connectivity index (χ3n) is 4.76. The van der Waals surface area contributed by atoms with Crippen molar-refractivity contribution in [3.63, 3.8) is 0 Å². The van der Waals surface area contributed by atoms with Gasteiger partial charge in [-0.2, -0.15) is 0 Å². The van der Waals surface area contributed by atoms with E-state index in [9.17, 15) is 14.4 Å². The average molecular weight is 385 g/mol. The number of amides is 1. The SMILES string of the molecule is CCN(Cc1ccc(OC)cc1)C(=O)Cn1c(=O)c2c(ncn2C)n(C)c1=O. The molecule has 0 unspecified atom stereocenters. The summed E-state index contributed by atoms with van der Waals surface area (Å²) in [7, 11) is 4.80. The Morgan fingerprint density at radius 1 is 1.18 bits per heavy atom. The number of carbonyl (C=O) groups excluding carboxylic acids is 1. The lowest BCUT2D eigenvalue weighted by molar-refractivity contribution is -0.132. The minimum absolute atomic E-state index is 0.285. The van der Waals surface area contributed by atoms with Gasteiger partial charge in [-0.25, -0.2) is 14.3 Å². The van der Waals surface area contributed by atoms with Crippen LogP contribution in [0.5, 0.6) is 5.75 Å². The summed E-state index contributed by atoms with van der Waals surface area (Å²) in [6.45, 7) is 2.36. The molecule has 0 N–H and O–H groups in total. The van der Waals surface area contributed by atoms with Gasteiger partial charge < -0.3 is 14.2 Å². The van der Waals surface area contributed by atoms with Gasteiger partial charge in [0.2, 0.25) is 5.91 Å². The minimum Gasteiger partial charge on any atom is -0.497 e. The Morgan fingerprint density at radius 2 is 1.86 bits per heavy atom. The molecule has 9 heteroatoms. The minimum atomic E-state index is -0.565. The first-order chi connectivity index (χ1) is 13.4. The van der Waals surface area contributed by atoms with Crippen LogP contribution in [0.3, 0.4) is 0 Å². The number of aryl methyl sites for hydroxylation is 2. The summed E-state index contributed by atoms with van der Waals surface area (Å²) in [6, 6.07) is 7.40.